The summed E-state index contributed by atoms with van der Waals surface area (Å²) in [5.41, 5.74) is 5.57. The smallest absolute Gasteiger partial charge is 0.353 e. The number of hydrogen-bond acceptors (Lipinski definition) is 7. The fraction of sp³-hybridized carbons (Fsp3) is 0.692. The van der Waals surface area contributed by atoms with Gasteiger partial charge in [-0.2, -0.15) is 9.97 Å². The van der Waals surface area contributed by atoms with Crippen LogP contribution in [0.1, 0.15) is 33.1 Å². The molecule has 0 radical (unpaired) electrons. The normalized spacial score (nSPS) is 14.7. The average Bonchev–Trinajstić information content (AvgIpc) is 2.90. The minimum atomic E-state index is -0.499. The first-order valence-electron chi connectivity index (χ1n) is 7.29. The molecule has 1 saturated heterocycles. The molecule has 0 atom stereocenters. The number of nitrogens with one attached hydrogen (secondary N) is 1. The van der Waals surface area contributed by atoms with Gasteiger partial charge in [-0.1, -0.05) is 13.8 Å². The van der Waals surface area contributed by atoms with Crippen LogP contribution in [0, 0.1) is 16.0 Å². The van der Waals surface area contributed by atoms with Crippen LogP contribution in [0.2, 0.25) is 0 Å². The molecule has 116 valence electrons. The molecule has 0 aliphatic carbocycles. The van der Waals surface area contributed by atoms with Gasteiger partial charge in [-0.05, 0) is 25.2 Å². The van der Waals surface area contributed by atoms with Crippen LogP contribution in [0.3, 0.4) is 0 Å². The van der Waals surface area contributed by atoms with Crippen molar-refractivity contribution >= 4 is 23.3 Å². The van der Waals surface area contributed by atoms with Crippen LogP contribution >= 0.6 is 0 Å². The Morgan fingerprint density at radius 3 is 2.62 bits per heavy atom. The van der Waals surface area contributed by atoms with E-state index in [1.54, 1.807) is 0 Å². The molecule has 2 heterocycles. The molecule has 0 spiro atoms. The zero-order chi connectivity index (χ0) is 15.4. The first kappa shape index (κ1) is 15.3. The Labute approximate surface area is 123 Å². The SMILES string of the molecule is CC(C)CCNc1nc(N)c([N+](=O)[O-])c(N2CCCC2)n1. The van der Waals surface area contributed by atoms with Crippen molar-refractivity contribution in [3.8, 4) is 0 Å². The first-order valence-corrected chi connectivity index (χ1v) is 7.29. The Bertz CT molecular complexity index is 514. The minimum absolute atomic E-state index is 0.0797. The molecule has 1 aliphatic rings. The summed E-state index contributed by atoms with van der Waals surface area (Å²) >= 11 is 0. The maximum absolute atomic E-state index is 11.2. The van der Waals surface area contributed by atoms with E-state index in [1.165, 1.54) is 0 Å². The highest BCUT2D eigenvalue weighted by Gasteiger charge is 2.28. The molecule has 2 rings (SSSR count). The van der Waals surface area contributed by atoms with Crippen LogP contribution in [0.5, 0.6) is 0 Å². The molecular weight excluding hydrogens is 272 g/mol. The standard InChI is InChI=1S/C13H22N6O2/c1-9(2)5-6-15-13-16-11(14)10(19(20)21)12(17-13)18-7-3-4-8-18/h9H,3-8H2,1-2H3,(H3,14,15,16,17). The van der Waals surface area contributed by atoms with Crippen LogP contribution < -0.4 is 16.0 Å². The summed E-state index contributed by atoms with van der Waals surface area (Å²) in [6.07, 6.45) is 2.99. The molecule has 1 aromatic rings. The third-order valence-electron chi connectivity index (χ3n) is 3.49. The number of aromatic nitrogens is 2. The molecule has 1 aliphatic heterocycles. The van der Waals surface area contributed by atoms with Crippen molar-refractivity contribution in [1.82, 2.24) is 9.97 Å². The molecule has 3 N–H and O–H groups in total. The highest BCUT2D eigenvalue weighted by molar-refractivity contribution is 5.71. The maximum Gasteiger partial charge on any atom is 0.353 e. The molecule has 8 heteroatoms. The number of anilines is 3. The largest absolute Gasteiger partial charge is 0.378 e. The van der Waals surface area contributed by atoms with Gasteiger partial charge in [0.05, 0.1) is 4.92 Å². The van der Waals surface area contributed by atoms with E-state index < -0.39 is 4.92 Å². The number of hydrogen-bond donors (Lipinski definition) is 2. The van der Waals surface area contributed by atoms with Gasteiger partial charge in [0, 0.05) is 19.6 Å². The summed E-state index contributed by atoms with van der Waals surface area (Å²) in [5.74, 6) is 1.17. The molecular formula is C13H22N6O2. The van der Waals surface area contributed by atoms with Crippen molar-refractivity contribution in [2.75, 3.05) is 35.6 Å². The van der Waals surface area contributed by atoms with E-state index in [1.807, 2.05) is 4.90 Å². The molecule has 0 aromatic carbocycles. The fourth-order valence-corrected chi connectivity index (χ4v) is 2.34. The third-order valence-corrected chi connectivity index (χ3v) is 3.49. The molecule has 0 saturated carbocycles. The van der Waals surface area contributed by atoms with Crippen LogP contribution in [0.25, 0.3) is 0 Å². The van der Waals surface area contributed by atoms with Crippen molar-refractivity contribution in [1.29, 1.82) is 0 Å². The van der Waals surface area contributed by atoms with Crippen molar-refractivity contribution in [2.24, 2.45) is 5.92 Å². The number of nitrogens with two attached hydrogens (primary N) is 1. The predicted octanol–water partition coefficient (Wildman–Crippen LogP) is 2.03. The Morgan fingerprint density at radius 1 is 1.38 bits per heavy atom. The van der Waals surface area contributed by atoms with Gasteiger partial charge in [-0.15, -0.1) is 0 Å². The minimum Gasteiger partial charge on any atom is -0.378 e. The summed E-state index contributed by atoms with van der Waals surface area (Å²) in [5, 5.41) is 14.3. The van der Waals surface area contributed by atoms with Crippen molar-refractivity contribution in [3.63, 3.8) is 0 Å². The second kappa shape index (κ2) is 6.55. The Balaban J connectivity index is 2.25. The monoisotopic (exact) mass is 294 g/mol. The topological polar surface area (TPSA) is 110 Å². The zero-order valence-electron chi connectivity index (χ0n) is 12.5. The van der Waals surface area contributed by atoms with Gasteiger partial charge in [0.1, 0.15) is 0 Å². The van der Waals surface area contributed by atoms with Gasteiger partial charge in [-0.3, -0.25) is 10.1 Å². The van der Waals surface area contributed by atoms with E-state index >= 15 is 0 Å². The molecule has 8 nitrogen and oxygen atoms in total. The van der Waals surface area contributed by atoms with Crippen molar-refractivity contribution in [2.45, 2.75) is 33.1 Å². The van der Waals surface area contributed by atoms with E-state index in [-0.39, 0.29) is 11.5 Å². The zero-order valence-corrected chi connectivity index (χ0v) is 12.5. The average molecular weight is 294 g/mol. The second-order valence-electron chi connectivity index (χ2n) is 5.67. The molecule has 0 amide bonds. The van der Waals surface area contributed by atoms with Gasteiger partial charge in [0.2, 0.25) is 17.6 Å². The molecule has 1 fully saturated rings. The number of nitrogens with zero attached hydrogens (tertiary/aromatic N) is 4. The van der Waals surface area contributed by atoms with E-state index in [2.05, 4.69) is 29.1 Å². The van der Waals surface area contributed by atoms with Crippen LogP contribution in [0.4, 0.5) is 23.3 Å². The maximum atomic E-state index is 11.2. The lowest BCUT2D eigenvalue weighted by Crippen LogP contribution is -2.22. The molecule has 1 aromatic heterocycles. The van der Waals surface area contributed by atoms with E-state index in [4.69, 9.17) is 5.73 Å². The quantitative estimate of drug-likeness (QED) is 0.610. The van der Waals surface area contributed by atoms with Crippen molar-refractivity contribution in [3.05, 3.63) is 10.1 Å². The van der Waals surface area contributed by atoms with Gasteiger partial charge in [0.15, 0.2) is 0 Å². The number of nitrogen functional groups attached to an aromatic ring is 1. The Morgan fingerprint density at radius 2 is 2.05 bits per heavy atom. The highest BCUT2D eigenvalue weighted by atomic mass is 16.6. The summed E-state index contributed by atoms with van der Waals surface area (Å²) < 4.78 is 0. The Kier molecular flexibility index (Phi) is 4.77. The second-order valence-corrected chi connectivity index (χ2v) is 5.67. The summed E-state index contributed by atoms with van der Waals surface area (Å²) in [6.45, 7) is 6.50. The summed E-state index contributed by atoms with van der Waals surface area (Å²) in [7, 11) is 0. The lowest BCUT2D eigenvalue weighted by molar-refractivity contribution is -0.383. The lowest BCUT2D eigenvalue weighted by atomic mass is 10.1. The van der Waals surface area contributed by atoms with Gasteiger partial charge in [0.25, 0.3) is 0 Å². The molecule has 21 heavy (non-hydrogen) atoms. The predicted molar refractivity (Wildman–Crippen MR) is 82.5 cm³/mol. The van der Waals surface area contributed by atoms with E-state index in [9.17, 15) is 10.1 Å². The van der Waals surface area contributed by atoms with Crippen LogP contribution in [-0.4, -0.2) is 34.5 Å². The summed E-state index contributed by atoms with van der Waals surface area (Å²) in [6, 6.07) is 0. The summed E-state index contributed by atoms with van der Waals surface area (Å²) in [4.78, 5) is 20.9. The number of rotatable bonds is 6. The van der Waals surface area contributed by atoms with E-state index in [0.29, 0.717) is 24.2 Å². The number of nitro groups is 1. The van der Waals surface area contributed by atoms with Crippen LogP contribution in [-0.2, 0) is 0 Å². The third kappa shape index (κ3) is 3.71. The first-order chi connectivity index (χ1) is 9.99. The molecule has 0 unspecified atom stereocenters. The molecule has 0 bridgehead atoms. The van der Waals surface area contributed by atoms with Gasteiger partial charge < -0.3 is 16.0 Å². The fourth-order valence-electron chi connectivity index (χ4n) is 2.34. The van der Waals surface area contributed by atoms with Gasteiger partial charge >= 0.3 is 5.69 Å². The highest BCUT2D eigenvalue weighted by Crippen LogP contribution is 2.33. The Hall–Kier alpha value is -2.12. The van der Waals surface area contributed by atoms with Gasteiger partial charge in [-0.25, -0.2) is 0 Å². The lowest BCUT2D eigenvalue weighted by Gasteiger charge is -2.17. The van der Waals surface area contributed by atoms with Crippen molar-refractivity contribution < 1.29 is 4.92 Å². The van der Waals surface area contributed by atoms with Crippen LogP contribution in [0.15, 0.2) is 0 Å². The van der Waals surface area contributed by atoms with E-state index in [0.717, 1.165) is 32.4 Å².